The van der Waals surface area contributed by atoms with Gasteiger partial charge in [-0.15, -0.1) is 0 Å². The Morgan fingerprint density at radius 3 is 2.00 bits per heavy atom. The van der Waals surface area contributed by atoms with E-state index in [0.717, 1.165) is 0 Å². The molecule has 74 valence electrons. The van der Waals surface area contributed by atoms with Crippen molar-refractivity contribution in [1.82, 2.24) is 0 Å². The van der Waals surface area contributed by atoms with Crippen molar-refractivity contribution in [3.63, 3.8) is 0 Å². The van der Waals surface area contributed by atoms with E-state index >= 15 is 0 Å². The van der Waals surface area contributed by atoms with Crippen LogP contribution >= 0.6 is 0 Å². The number of ether oxygens (including phenoxy) is 1. The number of rotatable bonds is 4. The first-order valence-corrected chi connectivity index (χ1v) is 4.62. The third kappa shape index (κ3) is 4.07. The van der Waals surface area contributed by atoms with Gasteiger partial charge in [-0.2, -0.15) is 0 Å². The fourth-order valence-corrected chi connectivity index (χ4v) is 1.62. The third-order valence-electron chi connectivity index (χ3n) is 1.85. The van der Waals surface area contributed by atoms with Crippen molar-refractivity contribution in [2.45, 2.75) is 40.7 Å². The molecule has 12 heavy (non-hydrogen) atoms. The summed E-state index contributed by atoms with van der Waals surface area (Å²) in [4.78, 5) is 0. The monoisotopic (exact) mass is 174 g/mol. The Bertz CT molecular complexity index is 113. The van der Waals surface area contributed by atoms with Gasteiger partial charge in [-0.3, -0.25) is 0 Å². The standard InChI is InChI=1S/C10H22O2/c1-8(2)9(10(3,4)5)12-7-6-11/h8-9,11H,6-7H2,1-5H3/t9-/m0/s1. The van der Waals surface area contributed by atoms with Gasteiger partial charge in [0.1, 0.15) is 0 Å². The minimum atomic E-state index is 0.110. The van der Waals surface area contributed by atoms with Crippen molar-refractivity contribution in [3.05, 3.63) is 0 Å². The SMILES string of the molecule is CC(C)[C@H](OCCO)C(C)(C)C. The van der Waals surface area contributed by atoms with Gasteiger partial charge in [0.05, 0.1) is 19.3 Å². The van der Waals surface area contributed by atoms with Gasteiger partial charge < -0.3 is 9.84 Å². The van der Waals surface area contributed by atoms with Gasteiger partial charge in [0.25, 0.3) is 0 Å². The molecule has 0 bridgehead atoms. The topological polar surface area (TPSA) is 29.5 Å². The average Bonchev–Trinajstić information content (AvgIpc) is 1.84. The van der Waals surface area contributed by atoms with Crippen LogP contribution in [0.15, 0.2) is 0 Å². The van der Waals surface area contributed by atoms with Crippen LogP contribution in [0.5, 0.6) is 0 Å². The maximum atomic E-state index is 8.64. The summed E-state index contributed by atoms with van der Waals surface area (Å²) in [7, 11) is 0. The molecule has 0 amide bonds. The third-order valence-corrected chi connectivity index (χ3v) is 1.85. The summed E-state index contributed by atoms with van der Waals surface area (Å²) in [5, 5.41) is 8.64. The highest BCUT2D eigenvalue weighted by Crippen LogP contribution is 2.27. The molecule has 1 atom stereocenters. The lowest BCUT2D eigenvalue weighted by Gasteiger charge is -2.33. The molecule has 0 aromatic carbocycles. The summed E-state index contributed by atoms with van der Waals surface area (Å²) in [5.74, 6) is 0.497. The van der Waals surface area contributed by atoms with Crippen molar-refractivity contribution >= 4 is 0 Å². The normalized spacial score (nSPS) is 15.2. The zero-order valence-electron chi connectivity index (χ0n) is 8.92. The van der Waals surface area contributed by atoms with Gasteiger partial charge in [-0.25, -0.2) is 0 Å². The fourth-order valence-electron chi connectivity index (χ4n) is 1.62. The van der Waals surface area contributed by atoms with Crippen LogP contribution in [0.1, 0.15) is 34.6 Å². The van der Waals surface area contributed by atoms with E-state index in [1.165, 1.54) is 0 Å². The van der Waals surface area contributed by atoms with Crippen LogP contribution in [0.3, 0.4) is 0 Å². The van der Waals surface area contributed by atoms with E-state index in [2.05, 4.69) is 34.6 Å². The molecule has 0 aliphatic carbocycles. The average molecular weight is 174 g/mol. The zero-order chi connectivity index (χ0) is 9.78. The van der Waals surface area contributed by atoms with E-state index in [0.29, 0.717) is 12.5 Å². The Kier molecular flexibility index (Phi) is 4.80. The molecule has 0 saturated heterocycles. The smallest absolute Gasteiger partial charge is 0.0701 e. The van der Waals surface area contributed by atoms with Gasteiger partial charge in [0, 0.05) is 0 Å². The van der Waals surface area contributed by atoms with Gasteiger partial charge in [-0.05, 0) is 11.3 Å². The number of hydrogen-bond acceptors (Lipinski definition) is 2. The molecule has 0 spiro atoms. The lowest BCUT2D eigenvalue weighted by atomic mass is 9.82. The fraction of sp³-hybridized carbons (Fsp3) is 1.00. The van der Waals surface area contributed by atoms with Gasteiger partial charge in [0.2, 0.25) is 0 Å². The van der Waals surface area contributed by atoms with Crippen LogP contribution < -0.4 is 0 Å². The highest BCUT2D eigenvalue weighted by molar-refractivity contribution is 4.77. The molecule has 0 aromatic heterocycles. The highest BCUT2D eigenvalue weighted by Gasteiger charge is 2.27. The maximum Gasteiger partial charge on any atom is 0.0701 e. The molecule has 2 heteroatoms. The number of hydrogen-bond donors (Lipinski definition) is 1. The van der Waals surface area contributed by atoms with Crippen LogP contribution in [-0.2, 0) is 4.74 Å². The van der Waals surface area contributed by atoms with Crippen molar-refractivity contribution in [2.75, 3.05) is 13.2 Å². The molecule has 0 aromatic rings. The van der Waals surface area contributed by atoms with Crippen molar-refractivity contribution in [3.8, 4) is 0 Å². The molecular formula is C10H22O2. The second-order valence-corrected chi connectivity index (χ2v) is 4.63. The van der Waals surface area contributed by atoms with E-state index in [9.17, 15) is 0 Å². The van der Waals surface area contributed by atoms with Crippen LogP contribution in [0.4, 0.5) is 0 Å². The first-order valence-electron chi connectivity index (χ1n) is 4.62. The lowest BCUT2D eigenvalue weighted by Crippen LogP contribution is -2.34. The molecule has 0 saturated carbocycles. The molecule has 0 radical (unpaired) electrons. The number of aliphatic hydroxyl groups is 1. The molecule has 0 rings (SSSR count). The van der Waals surface area contributed by atoms with Gasteiger partial charge in [-0.1, -0.05) is 34.6 Å². The first kappa shape index (κ1) is 11.9. The van der Waals surface area contributed by atoms with Crippen LogP contribution in [0.25, 0.3) is 0 Å². The quantitative estimate of drug-likeness (QED) is 0.707. The van der Waals surface area contributed by atoms with E-state index in [1.807, 2.05) is 0 Å². The Morgan fingerprint density at radius 1 is 1.25 bits per heavy atom. The zero-order valence-corrected chi connectivity index (χ0v) is 8.92. The summed E-state index contributed by atoms with van der Waals surface area (Å²) in [6, 6.07) is 0. The maximum absolute atomic E-state index is 8.64. The summed E-state index contributed by atoms with van der Waals surface area (Å²) in [6.45, 7) is 11.3. The molecular weight excluding hydrogens is 152 g/mol. The minimum Gasteiger partial charge on any atom is -0.394 e. The second-order valence-electron chi connectivity index (χ2n) is 4.63. The van der Waals surface area contributed by atoms with E-state index in [-0.39, 0.29) is 18.1 Å². The lowest BCUT2D eigenvalue weighted by molar-refractivity contribution is -0.0570. The largest absolute Gasteiger partial charge is 0.394 e. The van der Waals surface area contributed by atoms with Gasteiger partial charge in [0.15, 0.2) is 0 Å². The number of aliphatic hydroxyl groups excluding tert-OH is 1. The molecule has 0 fully saturated rings. The predicted molar refractivity (Wildman–Crippen MR) is 51.1 cm³/mol. The van der Waals surface area contributed by atoms with E-state index in [4.69, 9.17) is 9.84 Å². The summed E-state index contributed by atoms with van der Waals surface area (Å²) < 4.78 is 5.57. The van der Waals surface area contributed by atoms with Crippen molar-refractivity contribution in [2.24, 2.45) is 11.3 Å². The van der Waals surface area contributed by atoms with Crippen LogP contribution in [0, 0.1) is 11.3 Å². The van der Waals surface area contributed by atoms with E-state index in [1.54, 1.807) is 0 Å². The Balaban J connectivity index is 4.05. The Hall–Kier alpha value is -0.0800. The van der Waals surface area contributed by atoms with Crippen molar-refractivity contribution in [1.29, 1.82) is 0 Å². The predicted octanol–water partition coefficient (Wildman–Crippen LogP) is 2.07. The minimum absolute atomic E-state index is 0.110. The first-order chi connectivity index (χ1) is 5.39. The molecule has 0 aliphatic rings. The molecule has 1 N–H and O–H groups in total. The molecule has 0 unspecified atom stereocenters. The van der Waals surface area contributed by atoms with E-state index < -0.39 is 0 Å². The van der Waals surface area contributed by atoms with Crippen LogP contribution in [0.2, 0.25) is 0 Å². The summed E-state index contributed by atoms with van der Waals surface area (Å²) in [6.07, 6.45) is 0.227. The molecule has 0 aliphatic heterocycles. The molecule has 0 heterocycles. The summed E-state index contributed by atoms with van der Waals surface area (Å²) >= 11 is 0. The Labute approximate surface area is 75.9 Å². The second kappa shape index (κ2) is 4.83. The van der Waals surface area contributed by atoms with Crippen LogP contribution in [-0.4, -0.2) is 24.4 Å². The highest BCUT2D eigenvalue weighted by atomic mass is 16.5. The van der Waals surface area contributed by atoms with Gasteiger partial charge >= 0.3 is 0 Å². The Morgan fingerprint density at radius 2 is 1.75 bits per heavy atom. The molecule has 2 nitrogen and oxygen atoms in total. The summed E-state index contributed by atoms with van der Waals surface area (Å²) in [5.41, 5.74) is 0.156. The van der Waals surface area contributed by atoms with Crippen molar-refractivity contribution < 1.29 is 9.84 Å².